The first kappa shape index (κ1) is 13.4. The van der Waals surface area contributed by atoms with Gasteiger partial charge >= 0.3 is 0 Å². The zero-order valence-electron chi connectivity index (χ0n) is 10.3. The minimum atomic E-state index is -0.521. The standard InChI is InChI=1S/C12H15N3O4/c16-12(14-7-10-8-19-5-4-13-10)9-2-1-3-11(6-9)15(17)18/h1-3,6,10,13H,4-5,7-8H2,(H,14,16). The zero-order chi connectivity index (χ0) is 13.7. The lowest BCUT2D eigenvalue weighted by Crippen LogP contribution is -2.48. The number of carbonyl (C=O) groups is 1. The number of hydrogen-bond donors (Lipinski definition) is 2. The van der Waals surface area contributed by atoms with Gasteiger partial charge in [0, 0.05) is 36.8 Å². The van der Waals surface area contributed by atoms with Crippen molar-refractivity contribution in [2.24, 2.45) is 0 Å². The monoisotopic (exact) mass is 265 g/mol. The fourth-order valence-corrected chi connectivity index (χ4v) is 1.83. The third-order valence-electron chi connectivity index (χ3n) is 2.83. The maximum atomic E-state index is 11.9. The van der Waals surface area contributed by atoms with Crippen molar-refractivity contribution in [3.63, 3.8) is 0 Å². The van der Waals surface area contributed by atoms with Gasteiger partial charge in [-0.2, -0.15) is 0 Å². The van der Waals surface area contributed by atoms with Crippen molar-refractivity contribution in [2.75, 3.05) is 26.3 Å². The quantitative estimate of drug-likeness (QED) is 0.603. The molecule has 19 heavy (non-hydrogen) atoms. The van der Waals surface area contributed by atoms with E-state index in [2.05, 4.69) is 10.6 Å². The summed E-state index contributed by atoms with van der Waals surface area (Å²) in [6, 6.07) is 5.74. The Hall–Kier alpha value is -1.99. The molecule has 1 aromatic rings. The number of non-ortho nitro benzene ring substituents is 1. The Morgan fingerprint density at radius 1 is 1.58 bits per heavy atom. The Labute approximate surface area is 110 Å². The summed E-state index contributed by atoms with van der Waals surface area (Å²) < 4.78 is 5.27. The first-order valence-electron chi connectivity index (χ1n) is 6.00. The van der Waals surface area contributed by atoms with Gasteiger partial charge in [0.25, 0.3) is 11.6 Å². The molecule has 0 radical (unpaired) electrons. The maximum Gasteiger partial charge on any atom is 0.270 e. The van der Waals surface area contributed by atoms with E-state index in [1.165, 1.54) is 18.2 Å². The van der Waals surface area contributed by atoms with E-state index in [0.29, 0.717) is 19.8 Å². The Kier molecular flexibility index (Phi) is 4.43. The van der Waals surface area contributed by atoms with Gasteiger partial charge in [-0.1, -0.05) is 6.07 Å². The Balaban J connectivity index is 1.92. The van der Waals surface area contributed by atoms with Crippen LogP contribution in [0.2, 0.25) is 0 Å². The van der Waals surface area contributed by atoms with Crippen LogP contribution in [0.3, 0.4) is 0 Å². The van der Waals surface area contributed by atoms with Crippen LogP contribution < -0.4 is 10.6 Å². The minimum Gasteiger partial charge on any atom is -0.378 e. The van der Waals surface area contributed by atoms with Crippen LogP contribution in [0.15, 0.2) is 24.3 Å². The van der Waals surface area contributed by atoms with Gasteiger partial charge < -0.3 is 15.4 Å². The number of rotatable bonds is 4. The summed E-state index contributed by atoms with van der Waals surface area (Å²) in [7, 11) is 0. The molecule has 1 aliphatic heterocycles. The first-order valence-corrected chi connectivity index (χ1v) is 6.00. The second-order valence-corrected chi connectivity index (χ2v) is 4.24. The normalized spacial score (nSPS) is 18.8. The number of nitro benzene ring substituents is 1. The molecule has 1 saturated heterocycles. The smallest absolute Gasteiger partial charge is 0.270 e. The molecule has 1 fully saturated rings. The van der Waals surface area contributed by atoms with Gasteiger partial charge in [-0.25, -0.2) is 0 Å². The van der Waals surface area contributed by atoms with Gasteiger partial charge in [-0.3, -0.25) is 14.9 Å². The van der Waals surface area contributed by atoms with Gasteiger partial charge in [-0.15, -0.1) is 0 Å². The molecule has 0 saturated carbocycles. The van der Waals surface area contributed by atoms with Crippen molar-refractivity contribution in [3.05, 3.63) is 39.9 Å². The van der Waals surface area contributed by atoms with Gasteiger partial charge in [0.15, 0.2) is 0 Å². The molecule has 0 spiro atoms. The van der Waals surface area contributed by atoms with Crippen LogP contribution >= 0.6 is 0 Å². The largest absolute Gasteiger partial charge is 0.378 e. The molecule has 1 atom stereocenters. The minimum absolute atomic E-state index is 0.0800. The molecule has 7 nitrogen and oxygen atoms in total. The third-order valence-corrected chi connectivity index (χ3v) is 2.83. The molecule has 1 aromatic carbocycles. The highest BCUT2D eigenvalue weighted by atomic mass is 16.6. The first-order chi connectivity index (χ1) is 9.16. The lowest BCUT2D eigenvalue weighted by Gasteiger charge is -2.23. The summed E-state index contributed by atoms with van der Waals surface area (Å²) in [6.07, 6.45) is 0. The number of nitro groups is 1. The highest BCUT2D eigenvalue weighted by molar-refractivity contribution is 5.94. The highest BCUT2D eigenvalue weighted by Gasteiger charge is 2.15. The van der Waals surface area contributed by atoms with Gasteiger partial charge in [0.1, 0.15) is 0 Å². The molecule has 0 bridgehead atoms. The number of ether oxygens (including phenoxy) is 1. The number of morpholine rings is 1. The van der Waals surface area contributed by atoms with Crippen LogP contribution in [0.4, 0.5) is 5.69 Å². The molecule has 102 valence electrons. The molecule has 7 heteroatoms. The van der Waals surface area contributed by atoms with Gasteiger partial charge in [-0.05, 0) is 6.07 Å². The molecule has 0 aliphatic carbocycles. The van der Waals surface area contributed by atoms with Crippen LogP contribution in [0.25, 0.3) is 0 Å². The van der Waals surface area contributed by atoms with E-state index < -0.39 is 4.92 Å². The van der Waals surface area contributed by atoms with Crippen molar-refractivity contribution in [1.29, 1.82) is 0 Å². The predicted molar refractivity (Wildman–Crippen MR) is 68.0 cm³/mol. The van der Waals surface area contributed by atoms with E-state index in [1.54, 1.807) is 6.07 Å². The van der Waals surface area contributed by atoms with Crippen molar-refractivity contribution in [1.82, 2.24) is 10.6 Å². The van der Waals surface area contributed by atoms with Crippen molar-refractivity contribution >= 4 is 11.6 Å². The molecule has 1 heterocycles. The Morgan fingerprint density at radius 2 is 2.42 bits per heavy atom. The van der Waals surface area contributed by atoms with E-state index in [4.69, 9.17) is 4.74 Å². The molecule has 0 aromatic heterocycles. The number of carbonyl (C=O) groups excluding carboxylic acids is 1. The molecular formula is C12H15N3O4. The predicted octanol–water partition coefficient (Wildman–Crippen LogP) is 0.313. The lowest BCUT2D eigenvalue weighted by atomic mass is 10.2. The highest BCUT2D eigenvalue weighted by Crippen LogP contribution is 2.12. The molecular weight excluding hydrogens is 250 g/mol. The average Bonchev–Trinajstić information content (AvgIpc) is 2.46. The molecule has 1 amide bonds. The fourth-order valence-electron chi connectivity index (χ4n) is 1.83. The summed E-state index contributed by atoms with van der Waals surface area (Å²) in [5, 5.41) is 16.6. The summed E-state index contributed by atoms with van der Waals surface area (Å²) >= 11 is 0. The number of hydrogen-bond acceptors (Lipinski definition) is 5. The average molecular weight is 265 g/mol. The SMILES string of the molecule is O=C(NCC1COCCN1)c1cccc([N+](=O)[O-])c1. The fraction of sp³-hybridized carbons (Fsp3) is 0.417. The summed E-state index contributed by atoms with van der Waals surface area (Å²) in [4.78, 5) is 22.0. The van der Waals surface area contributed by atoms with Gasteiger partial charge in [0.2, 0.25) is 0 Å². The van der Waals surface area contributed by atoms with Crippen LogP contribution in [0.1, 0.15) is 10.4 Å². The molecule has 2 rings (SSSR count). The van der Waals surface area contributed by atoms with Crippen LogP contribution in [0.5, 0.6) is 0 Å². The van der Waals surface area contributed by atoms with E-state index >= 15 is 0 Å². The lowest BCUT2D eigenvalue weighted by molar-refractivity contribution is -0.384. The summed E-state index contributed by atoms with van der Waals surface area (Å²) in [5.41, 5.74) is 0.192. The number of benzene rings is 1. The van der Waals surface area contributed by atoms with Crippen LogP contribution in [0, 0.1) is 10.1 Å². The van der Waals surface area contributed by atoms with Gasteiger partial charge in [0.05, 0.1) is 18.1 Å². The van der Waals surface area contributed by atoms with E-state index in [-0.39, 0.29) is 23.2 Å². The second kappa shape index (κ2) is 6.26. The molecule has 1 aliphatic rings. The molecule has 2 N–H and O–H groups in total. The summed E-state index contributed by atoms with van der Waals surface area (Å²) in [5.74, 6) is -0.323. The number of nitrogens with zero attached hydrogens (tertiary/aromatic N) is 1. The van der Waals surface area contributed by atoms with E-state index in [1.807, 2.05) is 0 Å². The van der Waals surface area contributed by atoms with Crippen molar-refractivity contribution in [3.8, 4) is 0 Å². The molecule has 1 unspecified atom stereocenters. The number of nitrogens with one attached hydrogen (secondary N) is 2. The Morgan fingerprint density at radius 3 is 3.11 bits per heavy atom. The van der Waals surface area contributed by atoms with Crippen molar-refractivity contribution < 1.29 is 14.5 Å². The van der Waals surface area contributed by atoms with Crippen LogP contribution in [-0.2, 0) is 4.74 Å². The van der Waals surface area contributed by atoms with Crippen LogP contribution in [-0.4, -0.2) is 43.2 Å². The van der Waals surface area contributed by atoms with E-state index in [9.17, 15) is 14.9 Å². The third kappa shape index (κ3) is 3.73. The summed E-state index contributed by atoms with van der Waals surface area (Å²) in [6.45, 7) is 2.42. The van der Waals surface area contributed by atoms with Crippen molar-refractivity contribution in [2.45, 2.75) is 6.04 Å². The topological polar surface area (TPSA) is 93.5 Å². The maximum absolute atomic E-state index is 11.9. The number of amides is 1. The second-order valence-electron chi connectivity index (χ2n) is 4.24. The van der Waals surface area contributed by atoms with E-state index in [0.717, 1.165) is 6.54 Å². The zero-order valence-corrected chi connectivity index (χ0v) is 10.3. The Bertz CT molecular complexity index is 472.